The van der Waals surface area contributed by atoms with Crippen LogP contribution < -0.4 is 10.6 Å². The van der Waals surface area contributed by atoms with Crippen molar-refractivity contribution in [3.8, 4) is 0 Å². The number of rotatable bonds is 7. The Morgan fingerprint density at radius 1 is 1.14 bits per heavy atom. The second-order valence-electron chi connectivity index (χ2n) is 7.94. The average molecular weight is 432 g/mol. The van der Waals surface area contributed by atoms with Gasteiger partial charge >= 0.3 is 0 Å². The second-order valence-corrected chi connectivity index (χ2v) is 7.94. The molecule has 2 N–H and O–H groups in total. The summed E-state index contributed by atoms with van der Waals surface area (Å²) in [6.07, 6.45) is 3.43. The maximum absolute atomic E-state index is 12.0. The average Bonchev–Trinajstić information content (AvgIpc) is 3.12. The molecule has 2 aliphatic heterocycles. The maximum atomic E-state index is 12.0. The van der Waals surface area contributed by atoms with E-state index < -0.39 is 0 Å². The molecule has 0 bridgehead atoms. The van der Waals surface area contributed by atoms with Gasteiger partial charge in [-0.3, -0.25) is 9.69 Å². The van der Waals surface area contributed by atoms with Crippen LogP contribution in [0.25, 0.3) is 0 Å². The molecule has 3 atom stereocenters. The number of hydrogen-bond acceptors (Lipinski definition) is 4. The smallest absolute Gasteiger partial charge is 0.220 e. The van der Waals surface area contributed by atoms with E-state index >= 15 is 0 Å². The van der Waals surface area contributed by atoms with Gasteiger partial charge in [-0.25, -0.2) is 0 Å². The first-order valence-electron chi connectivity index (χ1n) is 10.0. The van der Waals surface area contributed by atoms with Crippen LogP contribution >= 0.6 is 24.8 Å². The monoisotopic (exact) mass is 431 g/mol. The van der Waals surface area contributed by atoms with Gasteiger partial charge in [0.05, 0.1) is 12.2 Å². The summed E-state index contributed by atoms with van der Waals surface area (Å²) in [4.78, 5) is 14.5. The third-order valence-electron chi connectivity index (χ3n) is 5.36. The summed E-state index contributed by atoms with van der Waals surface area (Å²) in [6.45, 7) is 9.98. The molecule has 2 saturated heterocycles. The first-order valence-corrected chi connectivity index (χ1v) is 10.0. The number of nitrogens with one attached hydrogen (secondary N) is 2. The molecule has 0 spiro atoms. The topological polar surface area (TPSA) is 53.6 Å². The highest BCUT2D eigenvalue weighted by atomic mass is 35.5. The third kappa shape index (κ3) is 8.26. The Hall–Kier alpha value is -0.850. The van der Waals surface area contributed by atoms with Crippen molar-refractivity contribution >= 4 is 30.7 Å². The van der Waals surface area contributed by atoms with E-state index in [-0.39, 0.29) is 30.7 Å². The molecule has 5 nitrogen and oxygen atoms in total. The number of carbonyl (C=O) groups excluding carboxylic acids is 1. The zero-order chi connectivity index (χ0) is 18.4. The Morgan fingerprint density at radius 2 is 1.79 bits per heavy atom. The fourth-order valence-electron chi connectivity index (χ4n) is 4.02. The van der Waals surface area contributed by atoms with Gasteiger partial charge in [0.15, 0.2) is 0 Å². The lowest BCUT2D eigenvalue weighted by Gasteiger charge is -2.35. The molecule has 0 aromatic heterocycles. The van der Waals surface area contributed by atoms with E-state index in [1.54, 1.807) is 0 Å². The largest absolute Gasteiger partial charge is 0.373 e. The highest BCUT2D eigenvalue weighted by molar-refractivity contribution is 5.85. The van der Waals surface area contributed by atoms with Crippen LogP contribution in [0.2, 0.25) is 0 Å². The van der Waals surface area contributed by atoms with Crippen molar-refractivity contribution in [3.05, 3.63) is 35.4 Å². The zero-order valence-corrected chi connectivity index (χ0v) is 18.6. The molecule has 3 rings (SSSR count). The van der Waals surface area contributed by atoms with Crippen molar-refractivity contribution in [2.75, 3.05) is 26.2 Å². The number of benzene rings is 1. The molecule has 28 heavy (non-hydrogen) atoms. The molecule has 1 aromatic rings. The predicted molar refractivity (Wildman–Crippen MR) is 118 cm³/mol. The lowest BCUT2D eigenvalue weighted by Crippen LogP contribution is -2.44. The van der Waals surface area contributed by atoms with Gasteiger partial charge in [-0.1, -0.05) is 24.3 Å². The lowest BCUT2D eigenvalue weighted by molar-refractivity contribution is -0.121. The summed E-state index contributed by atoms with van der Waals surface area (Å²) in [6, 6.07) is 8.61. The molecule has 2 heterocycles. The van der Waals surface area contributed by atoms with Crippen LogP contribution in [0.3, 0.4) is 0 Å². The quantitative estimate of drug-likeness (QED) is 0.695. The maximum Gasteiger partial charge on any atom is 0.220 e. The minimum Gasteiger partial charge on any atom is -0.373 e. The molecule has 160 valence electrons. The Bertz CT molecular complexity index is 570. The molecule has 3 unspecified atom stereocenters. The van der Waals surface area contributed by atoms with Crippen molar-refractivity contribution in [3.63, 3.8) is 0 Å². The summed E-state index contributed by atoms with van der Waals surface area (Å²) >= 11 is 0. The van der Waals surface area contributed by atoms with E-state index in [9.17, 15) is 4.79 Å². The Kier molecular flexibility index (Phi) is 11.4. The van der Waals surface area contributed by atoms with Crippen LogP contribution in [0.1, 0.15) is 44.2 Å². The molecule has 0 saturated carbocycles. The molecular weight excluding hydrogens is 397 g/mol. The van der Waals surface area contributed by atoms with Crippen molar-refractivity contribution in [2.45, 2.75) is 58.4 Å². The van der Waals surface area contributed by atoms with Gasteiger partial charge < -0.3 is 15.4 Å². The van der Waals surface area contributed by atoms with Crippen LogP contribution in [0.15, 0.2) is 24.3 Å². The summed E-state index contributed by atoms with van der Waals surface area (Å²) in [5.41, 5.74) is 2.48. The van der Waals surface area contributed by atoms with Gasteiger partial charge in [0.2, 0.25) is 5.91 Å². The highest BCUT2D eigenvalue weighted by Gasteiger charge is 2.22. The van der Waals surface area contributed by atoms with E-state index in [1.165, 1.54) is 12.0 Å². The molecule has 1 amide bonds. The van der Waals surface area contributed by atoms with Gasteiger partial charge in [-0.2, -0.15) is 0 Å². The zero-order valence-electron chi connectivity index (χ0n) is 17.0. The number of morpholine rings is 1. The van der Waals surface area contributed by atoms with Gasteiger partial charge in [0.1, 0.15) is 0 Å². The lowest BCUT2D eigenvalue weighted by atomic mass is 10.0. The number of halogens is 2. The van der Waals surface area contributed by atoms with Crippen molar-refractivity contribution in [2.24, 2.45) is 5.92 Å². The van der Waals surface area contributed by atoms with Gasteiger partial charge in [-0.05, 0) is 56.8 Å². The summed E-state index contributed by atoms with van der Waals surface area (Å²) in [5.74, 6) is 0.836. The minimum atomic E-state index is 0. The first-order chi connectivity index (χ1) is 12.6. The van der Waals surface area contributed by atoms with Crippen molar-refractivity contribution < 1.29 is 9.53 Å². The van der Waals surface area contributed by atoms with Gasteiger partial charge in [0, 0.05) is 32.6 Å². The minimum absolute atomic E-state index is 0. The molecule has 2 fully saturated rings. The van der Waals surface area contributed by atoms with E-state index in [4.69, 9.17) is 4.74 Å². The number of ether oxygens (including phenoxy) is 1. The Morgan fingerprint density at radius 3 is 2.39 bits per heavy atom. The van der Waals surface area contributed by atoms with Crippen LogP contribution in [-0.2, 0) is 22.6 Å². The highest BCUT2D eigenvalue weighted by Crippen LogP contribution is 2.16. The number of amides is 1. The van der Waals surface area contributed by atoms with Crippen LogP contribution in [0.5, 0.6) is 0 Å². The predicted octanol–water partition coefficient (Wildman–Crippen LogP) is 3.15. The first kappa shape index (κ1) is 25.2. The number of carbonyl (C=O) groups is 1. The molecular formula is C21H35Cl2N3O2. The van der Waals surface area contributed by atoms with Crippen LogP contribution in [-0.4, -0.2) is 49.2 Å². The molecule has 0 radical (unpaired) electrons. The van der Waals surface area contributed by atoms with E-state index in [0.29, 0.717) is 31.1 Å². The number of hydrogen-bond donors (Lipinski definition) is 2. The van der Waals surface area contributed by atoms with Crippen LogP contribution in [0.4, 0.5) is 0 Å². The molecule has 2 aliphatic rings. The van der Waals surface area contributed by atoms with Crippen molar-refractivity contribution in [1.29, 1.82) is 0 Å². The Labute approximate surface area is 181 Å². The Balaban J connectivity index is 0.00000196. The fraction of sp³-hybridized carbons (Fsp3) is 0.667. The van der Waals surface area contributed by atoms with Crippen LogP contribution in [0, 0.1) is 5.92 Å². The van der Waals surface area contributed by atoms with E-state index in [2.05, 4.69) is 53.6 Å². The SMILES string of the molecule is CC1CN(Cc2ccc(CNC(=O)CCC3CCNC3)cc2)CC(C)O1.Cl.Cl. The second kappa shape index (κ2) is 12.7. The standard InChI is InChI=1S/C21H33N3O2.2ClH/c1-16-13-24(14-17(2)26-16)15-20-5-3-18(4-6-20)12-23-21(25)8-7-19-9-10-22-11-19;;/h3-6,16-17,19,22H,7-15H2,1-2H3,(H,23,25);2*1H. The summed E-state index contributed by atoms with van der Waals surface area (Å²) in [7, 11) is 0. The molecule has 7 heteroatoms. The summed E-state index contributed by atoms with van der Waals surface area (Å²) < 4.78 is 5.79. The van der Waals surface area contributed by atoms with E-state index in [0.717, 1.165) is 44.7 Å². The molecule has 0 aliphatic carbocycles. The van der Waals surface area contributed by atoms with Gasteiger partial charge in [0.25, 0.3) is 0 Å². The third-order valence-corrected chi connectivity index (χ3v) is 5.36. The van der Waals surface area contributed by atoms with E-state index in [1.807, 2.05) is 0 Å². The summed E-state index contributed by atoms with van der Waals surface area (Å²) in [5, 5.41) is 6.40. The van der Waals surface area contributed by atoms with Gasteiger partial charge in [-0.15, -0.1) is 24.8 Å². The number of nitrogens with zero attached hydrogens (tertiary/aromatic N) is 1. The fourth-order valence-corrected chi connectivity index (χ4v) is 4.02. The normalized spacial score (nSPS) is 24.9. The molecule has 1 aromatic carbocycles. The van der Waals surface area contributed by atoms with Crippen molar-refractivity contribution in [1.82, 2.24) is 15.5 Å².